The van der Waals surface area contributed by atoms with Crippen molar-refractivity contribution in [2.75, 3.05) is 25.1 Å². The Hall–Kier alpha value is 0.0300. The molecule has 0 aromatic rings. The van der Waals surface area contributed by atoms with Crippen LogP contribution in [0, 0.1) is 0 Å². The maximum absolute atomic E-state index is 11.9. The van der Waals surface area contributed by atoms with Gasteiger partial charge in [0.2, 0.25) is 5.91 Å². The first kappa shape index (κ1) is 20.0. The first-order valence-electron chi connectivity index (χ1n) is 7.14. The Bertz CT molecular complexity index is 289. The largest absolute Gasteiger partial charge is 0.352 e. The molecule has 3 N–H and O–H groups in total. The summed E-state index contributed by atoms with van der Waals surface area (Å²) in [5, 5.41) is 3.10. The minimum absolute atomic E-state index is 0. The zero-order valence-corrected chi connectivity index (χ0v) is 14.8. The first-order valence-corrected chi connectivity index (χ1v) is 8.54. The molecular formula is C14H30ClN3OS. The number of amides is 1. The summed E-state index contributed by atoms with van der Waals surface area (Å²) in [6.45, 7) is 8.82. The summed E-state index contributed by atoms with van der Waals surface area (Å²) in [7, 11) is 0. The van der Waals surface area contributed by atoms with Gasteiger partial charge in [0, 0.05) is 24.7 Å². The van der Waals surface area contributed by atoms with Crippen molar-refractivity contribution in [1.29, 1.82) is 0 Å². The molecule has 1 atom stereocenters. The molecule has 1 rings (SSSR count). The van der Waals surface area contributed by atoms with Crippen molar-refractivity contribution in [1.82, 2.24) is 10.2 Å². The van der Waals surface area contributed by atoms with Gasteiger partial charge in [-0.15, -0.1) is 12.4 Å². The van der Waals surface area contributed by atoms with Crippen molar-refractivity contribution in [3.8, 4) is 0 Å². The monoisotopic (exact) mass is 323 g/mol. The van der Waals surface area contributed by atoms with E-state index in [1.165, 1.54) is 0 Å². The lowest BCUT2D eigenvalue weighted by atomic mass is 9.98. The van der Waals surface area contributed by atoms with E-state index in [1.807, 2.05) is 6.26 Å². The number of likely N-dealkylation sites (tertiary alicyclic amines) is 1. The summed E-state index contributed by atoms with van der Waals surface area (Å²) >= 11 is 1.73. The highest BCUT2D eigenvalue weighted by Crippen LogP contribution is 2.20. The zero-order chi connectivity index (χ0) is 14.5. The second kappa shape index (κ2) is 9.13. The van der Waals surface area contributed by atoms with Crippen LogP contribution in [0.3, 0.4) is 0 Å². The molecule has 4 nitrogen and oxygen atoms in total. The van der Waals surface area contributed by atoms with E-state index in [-0.39, 0.29) is 29.9 Å². The summed E-state index contributed by atoms with van der Waals surface area (Å²) in [6.07, 6.45) is 4.84. The smallest absolute Gasteiger partial charge is 0.237 e. The predicted octanol–water partition coefficient (Wildman–Crippen LogP) is 1.87. The Morgan fingerprint density at radius 3 is 2.40 bits per heavy atom. The Balaban J connectivity index is 0.00000361. The van der Waals surface area contributed by atoms with Crippen LogP contribution in [0.4, 0.5) is 0 Å². The van der Waals surface area contributed by atoms with E-state index < -0.39 is 0 Å². The minimum Gasteiger partial charge on any atom is -0.352 e. The van der Waals surface area contributed by atoms with Crippen LogP contribution in [-0.4, -0.2) is 53.5 Å². The number of carbonyl (C=O) groups excluding carboxylic acids is 1. The molecule has 1 heterocycles. The molecule has 0 saturated carbocycles. The van der Waals surface area contributed by atoms with Gasteiger partial charge in [0.15, 0.2) is 0 Å². The summed E-state index contributed by atoms with van der Waals surface area (Å²) in [4.78, 5) is 14.4. The molecule has 120 valence electrons. The minimum atomic E-state index is -0.354. The van der Waals surface area contributed by atoms with Crippen molar-refractivity contribution in [2.24, 2.45) is 5.73 Å². The lowest BCUT2D eigenvalue weighted by Gasteiger charge is -2.41. The van der Waals surface area contributed by atoms with Gasteiger partial charge in [-0.25, -0.2) is 0 Å². The van der Waals surface area contributed by atoms with Crippen molar-refractivity contribution in [3.63, 3.8) is 0 Å². The topological polar surface area (TPSA) is 58.4 Å². The third-order valence-electron chi connectivity index (χ3n) is 3.76. The normalized spacial score (nSPS) is 19.2. The highest BCUT2D eigenvalue weighted by atomic mass is 35.5. The second-order valence-corrected chi connectivity index (χ2v) is 7.31. The molecule has 6 heteroatoms. The highest BCUT2D eigenvalue weighted by Gasteiger charge is 2.28. The van der Waals surface area contributed by atoms with Crippen LogP contribution < -0.4 is 11.1 Å². The van der Waals surface area contributed by atoms with Gasteiger partial charge in [0.1, 0.15) is 0 Å². The number of nitrogens with one attached hydrogen (secondary N) is 1. The van der Waals surface area contributed by atoms with Gasteiger partial charge in [-0.1, -0.05) is 0 Å². The Morgan fingerprint density at radius 1 is 1.40 bits per heavy atom. The van der Waals surface area contributed by atoms with Gasteiger partial charge in [0.25, 0.3) is 0 Å². The number of piperidine rings is 1. The Labute approximate surface area is 134 Å². The SMILES string of the molecule is CSCC[C@H](N)C(=O)NC1CCN(C(C)(C)C)CC1.Cl. The quantitative estimate of drug-likeness (QED) is 0.811. The number of nitrogens with zero attached hydrogens (tertiary/aromatic N) is 1. The molecule has 0 radical (unpaired) electrons. The number of nitrogens with two attached hydrogens (primary N) is 1. The van der Waals surface area contributed by atoms with Crippen LogP contribution in [0.1, 0.15) is 40.0 Å². The molecule has 0 unspecified atom stereocenters. The Kier molecular flexibility index (Phi) is 9.14. The fourth-order valence-corrected chi connectivity index (χ4v) is 2.87. The van der Waals surface area contributed by atoms with E-state index in [9.17, 15) is 4.79 Å². The summed E-state index contributed by atoms with van der Waals surface area (Å²) < 4.78 is 0. The fraction of sp³-hybridized carbons (Fsp3) is 0.929. The molecule has 1 fully saturated rings. The third-order valence-corrected chi connectivity index (χ3v) is 4.40. The number of carbonyl (C=O) groups is 1. The van der Waals surface area contributed by atoms with Crippen LogP contribution >= 0.6 is 24.2 Å². The van der Waals surface area contributed by atoms with Crippen LogP contribution in [0.2, 0.25) is 0 Å². The van der Waals surface area contributed by atoms with E-state index >= 15 is 0 Å². The van der Waals surface area contributed by atoms with E-state index in [0.29, 0.717) is 6.04 Å². The highest BCUT2D eigenvalue weighted by molar-refractivity contribution is 7.98. The van der Waals surface area contributed by atoms with Crippen molar-refractivity contribution >= 4 is 30.1 Å². The Morgan fingerprint density at radius 2 is 1.95 bits per heavy atom. The number of hydrogen-bond donors (Lipinski definition) is 2. The van der Waals surface area contributed by atoms with Crippen LogP contribution in [0.15, 0.2) is 0 Å². The average Bonchev–Trinajstić information content (AvgIpc) is 2.35. The number of halogens is 1. The maximum atomic E-state index is 11.9. The van der Waals surface area contributed by atoms with Crippen LogP contribution in [0.25, 0.3) is 0 Å². The summed E-state index contributed by atoms with van der Waals surface area (Å²) in [5.41, 5.74) is 6.11. The molecule has 0 aromatic heterocycles. The molecule has 1 aliphatic heterocycles. The lowest BCUT2D eigenvalue weighted by molar-refractivity contribution is -0.123. The molecule has 1 aliphatic rings. The lowest BCUT2D eigenvalue weighted by Crippen LogP contribution is -2.53. The zero-order valence-electron chi connectivity index (χ0n) is 13.1. The second-order valence-electron chi connectivity index (χ2n) is 6.33. The molecule has 0 aliphatic carbocycles. The predicted molar refractivity (Wildman–Crippen MR) is 90.7 cm³/mol. The fourth-order valence-electron chi connectivity index (χ4n) is 2.38. The molecule has 1 amide bonds. The van der Waals surface area contributed by atoms with Crippen molar-refractivity contribution in [2.45, 2.75) is 57.7 Å². The van der Waals surface area contributed by atoms with E-state index in [1.54, 1.807) is 11.8 Å². The van der Waals surface area contributed by atoms with E-state index in [2.05, 4.69) is 31.0 Å². The van der Waals surface area contributed by atoms with Gasteiger partial charge in [0.05, 0.1) is 6.04 Å². The number of thioether (sulfide) groups is 1. The third kappa shape index (κ3) is 6.66. The van der Waals surface area contributed by atoms with Gasteiger partial charge in [-0.05, 0) is 52.0 Å². The standard InChI is InChI=1S/C14H29N3OS.ClH/c1-14(2,3)17-8-5-11(6-9-17)16-13(18)12(15)7-10-19-4;/h11-12H,5-10,15H2,1-4H3,(H,16,18);1H/t12-;/m0./s1. The maximum Gasteiger partial charge on any atom is 0.237 e. The van der Waals surface area contributed by atoms with Gasteiger partial charge in [-0.3, -0.25) is 9.69 Å². The first-order chi connectivity index (χ1) is 8.84. The van der Waals surface area contributed by atoms with Crippen LogP contribution in [0.5, 0.6) is 0 Å². The molecule has 20 heavy (non-hydrogen) atoms. The van der Waals surface area contributed by atoms with Crippen molar-refractivity contribution in [3.05, 3.63) is 0 Å². The summed E-state index contributed by atoms with van der Waals surface area (Å²) in [5.74, 6) is 0.958. The van der Waals surface area contributed by atoms with Crippen molar-refractivity contribution < 1.29 is 4.79 Å². The number of hydrogen-bond acceptors (Lipinski definition) is 4. The van der Waals surface area contributed by atoms with Crippen LogP contribution in [-0.2, 0) is 4.79 Å². The van der Waals surface area contributed by atoms with E-state index in [4.69, 9.17) is 5.73 Å². The van der Waals surface area contributed by atoms with Gasteiger partial charge < -0.3 is 11.1 Å². The summed E-state index contributed by atoms with van der Waals surface area (Å²) in [6, 6.07) is -0.0560. The molecular weight excluding hydrogens is 294 g/mol. The molecule has 1 saturated heterocycles. The van der Waals surface area contributed by atoms with Gasteiger partial charge in [-0.2, -0.15) is 11.8 Å². The molecule has 0 spiro atoms. The van der Waals surface area contributed by atoms with E-state index in [0.717, 1.165) is 38.1 Å². The number of rotatable bonds is 5. The average molecular weight is 324 g/mol. The van der Waals surface area contributed by atoms with Gasteiger partial charge >= 0.3 is 0 Å². The molecule has 0 aromatic carbocycles. The molecule has 0 bridgehead atoms.